The molecule has 1 heterocycles. The second-order valence-electron chi connectivity index (χ2n) is 2.57. The molecular formula is C8H10ClNO3S. The lowest BCUT2D eigenvalue weighted by atomic mass is 10.5. The zero-order chi connectivity index (χ0) is 10.6. The molecule has 1 aromatic heterocycles. The number of hydrogen-bond acceptors (Lipinski definition) is 4. The van der Waals surface area contributed by atoms with Crippen molar-refractivity contribution in [2.75, 3.05) is 6.61 Å². The van der Waals surface area contributed by atoms with E-state index in [0.29, 0.717) is 6.42 Å². The normalized spacial score (nSPS) is 11.6. The van der Waals surface area contributed by atoms with E-state index in [0.717, 1.165) is 0 Å². The fourth-order valence-electron chi connectivity index (χ4n) is 0.814. The quantitative estimate of drug-likeness (QED) is 0.590. The maximum absolute atomic E-state index is 11.5. The van der Waals surface area contributed by atoms with Gasteiger partial charge in [0.25, 0.3) is 10.1 Å². The maximum atomic E-state index is 11.5. The Morgan fingerprint density at radius 2 is 2.29 bits per heavy atom. The summed E-state index contributed by atoms with van der Waals surface area (Å²) in [4.78, 5) is 3.57. The Kier molecular flexibility index (Phi) is 3.86. The molecule has 4 nitrogen and oxygen atoms in total. The zero-order valence-corrected chi connectivity index (χ0v) is 9.18. The van der Waals surface area contributed by atoms with Crippen LogP contribution in [-0.4, -0.2) is 20.0 Å². The molecule has 0 aromatic carbocycles. The van der Waals surface area contributed by atoms with Crippen LogP contribution in [0.3, 0.4) is 0 Å². The zero-order valence-electron chi connectivity index (χ0n) is 7.60. The van der Waals surface area contributed by atoms with Crippen molar-refractivity contribution in [3.05, 3.63) is 23.5 Å². The number of nitrogens with zero attached hydrogens (tertiary/aromatic N) is 1. The Bertz CT molecular complexity index is 405. The second-order valence-corrected chi connectivity index (χ2v) is 4.51. The molecule has 0 bridgehead atoms. The molecule has 1 aromatic rings. The Labute approximate surface area is 88.0 Å². The lowest BCUT2D eigenvalue weighted by molar-refractivity contribution is 0.318. The third kappa shape index (κ3) is 2.67. The number of halogens is 1. The molecule has 14 heavy (non-hydrogen) atoms. The van der Waals surface area contributed by atoms with Gasteiger partial charge in [0.15, 0.2) is 0 Å². The predicted molar refractivity (Wildman–Crippen MR) is 52.7 cm³/mol. The van der Waals surface area contributed by atoms with Crippen molar-refractivity contribution < 1.29 is 12.6 Å². The highest BCUT2D eigenvalue weighted by Gasteiger charge is 2.18. The molecular weight excluding hydrogens is 226 g/mol. The van der Waals surface area contributed by atoms with Crippen LogP contribution < -0.4 is 0 Å². The highest BCUT2D eigenvalue weighted by Crippen LogP contribution is 2.19. The van der Waals surface area contributed by atoms with E-state index >= 15 is 0 Å². The Balaban J connectivity index is 2.99. The molecule has 0 aliphatic carbocycles. The Morgan fingerprint density at radius 1 is 1.57 bits per heavy atom. The first-order valence-corrected chi connectivity index (χ1v) is 5.86. The molecule has 0 fully saturated rings. The topological polar surface area (TPSA) is 56.3 Å². The molecule has 0 N–H and O–H groups in total. The van der Waals surface area contributed by atoms with Gasteiger partial charge in [0.1, 0.15) is 10.0 Å². The molecule has 1 rings (SSSR count). The third-order valence-electron chi connectivity index (χ3n) is 1.44. The first kappa shape index (κ1) is 11.4. The summed E-state index contributed by atoms with van der Waals surface area (Å²) in [5.41, 5.74) is 0. The highest BCUT2D eigenvalue weighted by atomic mass is 35.5. The van der Waals surface area contributed by atoms with Gasteiger partial charge in [-0.25, -0.2) is 4.98 Å². The van der Waals surface area contributed by atoms with Crippen molar-refractivity contribution in [2.45, 2.75) is 18.2 Å². The average Bonchev–Trinajstić information content (AvgIpc) is 2.15. The summed E-state index contributed by atoms with van der Waals surface area (Å²) in [6.07, 6.45) is 2.04. The standard InChI is InChI=1S/C8H10ClNO3S/c1-2-6-13-14(11,12)7-4-3-5-10-8(7)9/h3-5H,2,6H2,1H3. The van der Waals surface area contributed by atoms with Crippen LogP contribution in [0.25, 0.3) is 0 Å². The van der Waals surface area contributed by atoms with Gasteiger partial charge in [-0.1, -0.05) is 18.5 Å². The number of hydrogen-bond donors (Lipinski definition) is 0. The van der Waals surface area contributed by atoms with E-state index in [2.05, 4.69) is 4.98 Å². The van der Waals surface area contributed by atoms with Crippen molar-refractivity contribution in [3.63, 3.8) is 0 Å². The molecule has 6 heteroatoms. The molecule has 0 saturated heterocycles. The van der Waals surface area contributed by atoms with Crippen LogP contribution >= 0.6 is 11.6 Å². The number of rotatable bonds is 4. The van der Waals surface area contributed by atoms with Crippen LogP contribution in [0.2, 0.25) is 5.15 Å². The molecule has 0 aliphatic rings. The summed E-state index contributed by atoms with van der Waals surface area (Å²) in [5, 5.41) is -0.0661. The largest absolute Gasteiger partial charge is 0.300 e. The monoisotopic (exact) mass is 235 g/mol. The molecule has 0 unspecified atom stereocenters. The SMILES string of the molecule is CCCOS(=O)(=O)c1cccnc1Cl. The van der Waals surface area contributed by atoms with Crippen molar-refractivity contribution in [3.8, 4) is 0 Å². The molecule has 0 saturated carbocycles. The highest BCUT2D eigenvalue weighted by molar-refractivity contribution is 7.86. The van der Waals surface area contributed by atoms with Gasteiger partial charge in [0, 0.05) is 6.20 Å². The van der Waals surface area contributed by atoms with E-state index in [1.54, 1.807) is 0 Å². The fraction of sp³-hybridized carbons (Fsp3) is 0.375. The summed E-state index contributed by atoms with van der Waals surface area (Å²) >= 11 is 5.62. The van der Waals surface area contributed by atoms with Crippen molar-refractivity contribution in [1.82, 2.24) is 4.98 Å². The third-order valence-corrected chi connectivity index (χ3v) is 3.20. The fourth-order valence-corrected chi connectivity index (χ4v) is 2.23. The van der Waals surface area contributed by atoms with Gasteiger partial charge in [-0.15, -0.1) is 0 Å². The maximum Gasteiger partial charge on any atom is 0.300 e. The van der Waals surface area contributed by atoms with Crippen molar-refractivity contribution in [1.29, 1.82) is 0 Å². The average molecular weight is 236 g/mol. The van der Waals surface area contributed by atoms with Gasteiger partial charge >= 0.3 is 0 Å². The van der Waals surface area contributed by atoms with Gasteiger partial charge < -0.3 is 0 Å². The minimum absolute atomic E-state index is 0.0661. The van der Waals surface area contributed by atoms with Gasteiger partial charge in [0.2, 0.25) is 0 Å². The minimum atomic E-state index is -3.75. The van der Waals surface area contributed by atoms with E-state index in [1.165, 1.54) is 18.3 Å². The van der Waals surface area contributed by atoms with E-state index < -0.39 is 10.1 Å². The Morgan fingerprint density at radius 3 is 2.86 bits per heavy atom. The van der Waals surface area contributed by atoms with Gasteiger partial charge in [-0.05, 0) is 18.6 Å². The van der Waals surface area contributed by atoms with Crippen LogP contribution in [0.15, 0.2) is 23.2 Å². The van der Waals surface area contributed by atoms with Crippen molar-refractivity contribution >= 4 is 21.7 Å². The molecule has 0 amide bonds. The first-order valence-electron chi connectivity index (χ1n) is 4.08. The lowest BCUT2D eigenvalue weighted by Crippen LogP contribution is -2.08. The van der Waals surface area contributed by atoms with Gasteiger partial charge in [0.05, 0.1) is 6.61 Å². The van der Waals surface area contributed by atoms with Crippen LogP contribution in [-0.2, 0) is 14.3 Å². The smallest absolute Gasteiger partial charge is 0.266 e. The van der Waals surface area contributed by atoms with E-state index in [-0.39, 0.29) is 16.7 Å². The number of aromatic nitrogens is 1. The summed E-state index contributed by atoms with van der Waals surface area (Å²) in [6.45, 7) is 1.97. The molecule has 78 valence electrons. The van der Waals surface area contributed by atoms with E-state index in [1.807, 2.05) is 6.92 Å². The lowest BCUT2D eigenvalue weighted by Gasteiger charge is -2.04. The van der Waals surface area contributed by atoms with Crippen LogP contribution in [0.4, 0.5) is 0 Å². The van der Waals surface area contributed by atoms with Crippen LogP contribution in [0, 0.1) is 0 Å². The molecule has 0 atom stereocenters. The molecule has 0 radical (unpaired) electrons. The predicted octanol–water partition coefficient (Wildman–Crippen LogP) is 1.85. The summed E-state index contributed by atoms with van der Waals surface area (Å²) < 4.78 is 27.6. The van der Waals surface area contributed by atoms with E-state index in [9.17, 15) is 8.42 Å². The summed E-state index contributed by atoms with van der Waals surface area (Å²) in [7, 11) is -3.75. The molecule has 0 spiro atoms. The van der Waals surface area contributed by atoms with Crippen molar-refractivity contribution in [2.24, 2.45) is 0 Å². The van der Waals surface area contributed by atoms with Gasteiger partial charge in [-0.3, -0.25) is 4.18 Å². The second kappa shape index (κ2) is 4.72. The first-order chi connectivity index (χ1) is 6.58. The number of pyridine rings is 1. The summed E-state index contributed by atoms with van der Waals surface area (Å²) in [6, 6.07) is 2.86. The Hall–Kier alpha value is -0.650. The molecule has 0 aliphatic heterocycles. The minimum Gasteiger partial charge on any atom is -0.266 e. The van der Waals surface area contributed by atoms with E-state index in [4.69, 9.17) is 15.8 Å². The van der Waals surface area contributed by atoms with Crippen LogP contribution in [0.5, 0.6) is 0 Å². The summed E-state index contributed by atoms with van der Waals surface area (Å²) in [5.74, 6) is 0. The van der Waals surface area contributed by atoms with Gasteiger partial charge in [-0.2, -0.15) is 8.42 Å². The van der Waals surface area contributed by atoms with Crippen LogP contribution in [0.1, 0.15) is 13.3 Å².